The molecule has 0 aromatic rings. The third-order valence-corrected chi connectivity index (χ3v) is 3.50. The maximum Gasteiger partial charge on any atom is 0.00303 e. The summed E-state index contributed by atoms with van der Waals surface area (Å²) in [6.45, 7) is 11.1. The lowest BCUT2D eigenvalue weighted by molar-refractivity contribution is 0.214. The summed E-state index contributed by atoms with van der Waals surface area (Å²) < 4.78 is 0. The molecule has 0 aromatic carbocycles. The van der Waals surface area contributed by atoms with Gasteiger partial charge in [-0.15, -0.1) is 0 Å². The predicted molar refractivity (Wildman–Crippen MR) is 56.7 cm³/mol. The molecule has 2 rings (SSSR count). The Kier molecular flexibility index (Phi) is 2.39. The highest BCUT2D eigenvalue weighted by Crippen LogP contribution is 2.38. The summed E-state index contributed by atoms with van der Waals surface area (Å²) in [5, 5.41) is 0. The van der Waals surface area contributed by atoms with Gasteiger partial charge >= 0.3 is 0 Å². The lowest BCUT2D eigenvalue weighted by Crippen LogP contribution is -2.31. The normalized spacial score (nSPS) is 35.3. The fraction of sp³-hybridized carbons (Fsp3) is 1.00. The van der Waals surface area contributed by atoms with Crippen LogP contribution in [0.2, 0.25) is 0 Å². The van der Waals surface area contributed by atoms with Crippen molar-refractivity contribution in [1.29, 1.82) is 0 Å². The largest absolute Gasteiger partial charge is 0.302 e. The quantitative estimate of drug-likeness (QED) is 0.601. The van der Waals surface area contributed by atoms with Crippen molar-refractivity contribution >= 4 is 0 Å². The Morgan fingerprint density at radius 3 is 2.08 bits per heavy atom. The molecule has 13 heavy (non-hydrogen) atoms. The van der Waals surface area contributed by atoms with Crippen LogP contribution < -0.4 is 0 Å². The molecule has 0 N–H and O–H groups in total. The van der Waals surface area contributed by atoms with Crippen LogP contribution in [0.1, 0.15) is 40.0 Å². The number of likely N-dealkylation sites (tertiary alicyclic amines) is 1. The van der Waals surface area contributed by atoms with Gasteiger partial charge in [0.25, 0.3) is 0 Å². The van der Waals surface area contributed by atoms with E-state index in [0.29, 0.717) is 5.41 Å². The lowest BCUT2D eigenvalue weighted by Gasteiger charge is -2.26. The van der Waals surface area contributed by atoms with E-state index in [1.54, 1.807) is 0 Å². The molecule has 1 aliphatic heterocycles. The maximum atomic E-state index is 2.69. The maximum absolute atomic E-state index is 2.69. The fourth-order valence-corrected chi connectivity index (χ4v) is 3.13. The summed E-state index contributed by atoms with van der Waals surface area (Å²) in [6, 6.07) is 0. The third kappa shape index (κ3) is 2.25. The van der Waals surface area contributed by atoms with Gasteiger partial charge in [0.2, 0.25) is 0 Å². The van der Waals surface area contributed by atoms with E-state index in [1.807, 2.05) is 0 Å². The van der Waals surface area contributed by atoms with Crippen LogP contribution in [0.3, 0.4) is 0 Å². The summed E-state index contributed by atoms with van der Waals surface area (Å²) in [4.78, 5) is 2.69. The van der Waals surface area contributed by atoms with E-state index < -0.39 is 0 Å². The Bertz CT molecular complexity index is 168. The van der Waals surface area contributed by atoms with Crippen LogP contribution in [0.4, 0.5) is 0 Å². The zero-order valence-corrected chi connectivity index (χ0v) is 9.34. The molecule has 1 aliphatic carbocycles. The molecule has 0 radical (unpaired) electrons. The molecule has 2 atom stereocenters. The molecule has 1 heterocycles. The first kappa shape index (κ1) is 9.51. The Hall–Kier alpha value is -0.0400. The van der Waals surface area contributed by atoms with Crippen LogP contribution >= 0.6 is 0 Å². The minimum atomic E-state index is 0.485. The SMILES string of the molecule is CC(C)(C)CN1CC2CCCC2C1. The van der Waals surface area contributed by atoms with Crippen molar-refractivity contribution in [1.82, 2.24) is 4.90 Å². The van der Waals surface area contributed by atoms with E-state index in [1.165, 1.54) is 38.9 Å². The number of nitrogens with zero attached hydrogens (tertiary/aromatic N) is 1. The van der Waals surface area contributed by atoms with Gasteiger partial charge in [-0.2, -0.15) is 0 Å². The van der Waals surface area contributed by atoms with Crippen LogP contribution in [-0.4, -0.2) is 24.5 Å². The summed E-state index contributed by atoms with van der Waals surface area (Å²) in [7, 11) is 0. The van der Waals surface area contributed by atoms with E-state index in [9.17, 15) is 0 Å². The second kappa shape index (κ2) is 3.27. The summed E-state index contributed by atoms with van der Waals surface area (Å²) in [6.07, 6.45) is 4.51. The van der Waals surface area contributed by atoms with Crippen LogP contribution in [0.15, 0.2) is 0 Å². The summed E-state index contributed by atoms with van der Waals surface area (Å²) in [5.74, 6) is 2.12. The first-order valence-corrected chi connectivity index (χ1v) is 5.77. The van der Waals surface area contributed by atoms with Crippen molar-refractivity contribution in [2.45, 2.75) is 40.0 Å². The molecule has 1 heteroatoms. The van der Waals surface area contributed by atoms with Crippen LogP contribution in [0, 0.1) is 17.3 Å². The Balaban J connectivity index is 1.85. The molecule has 2 fully saturated rings. The van der Waals surface area contributed by atoms with E-state index >= 15 is 0 Å². The summed E-state index contributed by atoms with van der Waals surface area (Å²) in [5.41, 5.74) is 0.485. The molecule has 2 unspecified atom stereocenters. The Morgan fingerprint density at radius 2 is 1.62 bits per heavy atom. The van der Waals surface area contributed by atoms with Gasteiger partial charge in [0.1, 0.15) is 0 Å². The van der Waals surface area contributed by atoms with Gasteiger partial charge in [0.05, 0.1) is 0 Å². The van der Waals surface area contributed by atoms with Gasteiger partial charge in [-0.1, -0.05) is 27.2 Å². The van der Waals surface area contributed by atoms with Crippen molar-refractivity contribution in [3.63, 3.8) is 0 Å². The van der Waals surface area contributed by atoms with Crippen molar-refractivity contribution < 1.29 is 0 Å². The average Bonchev–Trinajstić information content (AvgIpc) is 2.40. The molecule has 0 bridgehead atoms. The highest BCUT2D eigenvalue weighted by Gasteiger charge is 2.36. The van der Waals surface area contributed by atoms with Gasteiger partial charge in [-0.3, -0.25) is 0 Å². The standard InChI is InChI=1S/C12H23N/c1-12(2,3)9-13-7-10-5-4-6-11(10)8-13/h10-11H,4-9H2,1-3H3. The fourth-order valence-electron chi connectivity index (χ4n) is 3.13. The predicted octanol–water partition coefficient (Wildman–Crippen LogP) is 2.76. The molecular weight excluding hydrogens is 158 g/mol. The number of rotatable bonds is 1. The zero-order chi connectivity index (χ0) is 9.47. The minimum Gasteiger partial charge on any atom is -0.302 e. The van der Waals surface area contributed by atoms with Crippen molar-refractivity contribution in [2.75, 3.05) is 19.6 Å². The third-order valence-electron chi connectivity index (χ3n) is 3.50. The van der Waals surface area contributed by atoms with Gasteiger partial charge < -0.3 is 4.90 Å². The van der Waals surface area contributed by atoms with E-state index in [4.69, 9.17) is 0 Å². The van der Waals surface area contributed by atoms with Crippen molar-refractivity contribution in [3.05, 3.63) is 0 Å². The monoisotopic (exact) mass is 181 g/mol. The average molecular weight is 181 g/mol. The van der Waals surface area contributed by atoms with Crippen LogP contribution in [0.25, 0.3) is 0 Å². The molecule has 0 aromatic heterocycles. The zero-order valence-electron chi connectivity index (χ0n) is 9.34. The second-order valence-electron chi connectivity index (χ2n) is 6.21. The molecule has 76 valence electrons. The molecule has 1 saturated carbocycles. The van der Waals surface area contributed by atoms with Gasteiger partial charge in [0.15, 0.2) is 0 Å². The topological polar surface area (TPSA) is 3.24 Å². The molecule has 1 nitrogen and oxygen atoms in total. The molecule has 0 amide bonds. The molecule has 2 aliphatic rings. The van der Waals surface area contributed by atoms with Gasteiger partial charge in [-0.05, 0) is 30.1 Å². The lowest BCUT2D eigenvalue weighted by atomic mass is 9.96. The van der Waals surface area contributed by atoms with Crippen molar-refractivity contribution in [2.24, 2.45) is 17.3 Å². The van der Waals surface area contributed by atoms with Crippen LogP contribution in [-0.2, 0) is 0 Å². The van der Waals surface area contributed by atoms with Crippen LogP contribution in [0.5, 0.6) is 0 Å². The Labute approximate surface area is 82.5 Å². The molecule has 0 spiro atoms. The Morgan fingerprint density at radius 1 is 1.08 bits per heavy atom. The minimum absolute atomic E-state index is 0.485. The molecular formula is C12H23N. The van der Waals surface area contributed by atoms with Gasteiger partial charge in [-0.25, -0.2) is 0 Å². The first-order valence-electron chi connectivity index (χ1n) is 5.77. The highest BCUT2D eigenvalue weighted by atomic mass is 15.2. The smallest absolute Gasteiger partial charge is 0.00303 e. The van der Waals surface area contributed by atoms with E-state index in [-0.39, 0.29) is 0 Å². The van der Waals surface area contributed by atoms with Gasteiger partial charge in [0, 0.05) is 19.6 Å². The highest BCUT2D eigenvalue weighted by molar-refractivity contribution is 4.89. The second-order valence-corrected chi connectivity index (χ2v) is 6.21. The van der Waals surface area contributed by atoms with E-state index in [0.717, 1.165) is 11.8 Å². The summed E-state index contributed by atoms with van der Waals surface area (Å²) >= 11 is 0. The van der Waals surface area contributed by atoms with E-state index in [2.05, 4.69) is 25.7 Å². The number of hydrogen-bond acceptors (Lipinski definition) is 1. The van der Waals surface area contributed by atoms with Crippen molar-refractivity contribution in [3.8, 4) is 0 Å². The molecule has 1 saturated heterocycles. The number of hydrogen-bond donors (Lipinski definition) is 0. The number of fused-ring (bicyclic) bond motifs is 1. The first-order chi connectivity index (χ1) is 6.04.